The van der Waals surface area contributed by atoms with Crippen LogP contribution in [0, 0.1) is 12.7 Å². The number of nitrogens with zero attached hydrogens (tertiary/aromatic N) is 2. The Bertz CT molecular complexity index is 731. The molecule has 2 aromatic carbocycles. The normalized spacial score (nSPS) is 11.0. The fraction of sp³-hybridized carbons (Fsp3) is 0.0714. The molecule has 3 rings (SSSR count). The lowest BCUT2D eigenvalue weighted by Gasteiger charge is -2.05. The van der Waals surface area contributed by atoms with E-state index in [1.165, 1.54) is 6.07 Å². The number of aryl methyl sites for hydroxylation is 1. The molecule has 0 saturated carbocycles. The zero-order valence-corrected chi connectivity index (χ0v) is 9.89. The second-order valence-electron chi connectivity index (χ2n) is 4.33. The summed E-state index contributed by atoms with van der Waals surface area (Å²) < 4.78 is 15.1. The summed E-state index contributed by atoms with van der Waals surface area (Å²) in [5, 5.41) is 5.02. The number of halogens is 1. The van der Waals surface area contributed by atoms with Gasteiger partial charge in [0.25, 0.3) is 0 Å². The average Bonchev–Trinajstić information content (AvgIpc) is 2.73. The number of aromatic nitrogens is 2. The smallest absolute Gasteiger partial charge is 0.146 e. The first-order valence-corrected chi connectivity index (χ1v) is 5.65. The number of hydrogen-bond acceptors (Lipinski definition) is 2. The molecule has 0 amide bonds. The Balaban J connectivity index is 2.27. The van der Waals surface area contributed by atoms with Crippen LogP contribution >= 0.6 is 0 Å². The molecular weight excluding hydrogens is 229 g/mol. The van der Waals surface area contributed by atoms with Gasteiger partial charge in [-0.05, 0) is 36.8 Å². The third kappa shape index (κ3) is 1.62. The first-order valence-electron chi connectivity index (χ1n) is 5.65. The lowest BCUT2D eigenvalue weighted by atomic mass is 10.2. The van der Waals surface area contributed by atoms with E-state index in [1.807, 2.05) is 31.2 Å². The lowest BCUT2D eigenvalue weighted by molar-refractivity contribution is 0.634. The molecule has 0 aliphatic carbocycles. The molecule has 3 aromatic rings. The monoisotopic (exact) mass is 241 g/mol. The number of benzene rings is 2. The van der Waals surface area contributed by atoms with Crippen LogP contribution in [0.2, 0.25) is 0 Å². The quantitative estimate of drug-likeness (QED) is 0.665. The van der Waals surface area contributed by atoms with E-state index >= 15 is 0 Å². The topological polar surface area (TPSA) is 43.8 Å². The van der Waals surface area contributed by atoms with Crippen molar-refractivity contribution in [2.24, 2.45) is 0 Å². The summed E-state index contributed by atoms with van der Waals surface area (Å²) >= 11 is 0. The van der Waals surface area contributed by atoms with E-state index in [0.29, 0.717) is 0 Å². The summed E-state index contributed by atoms with van der Waals surface area (Å²) in [5.41, 5.74) is 8.63. The van der Waals surface area contributed by atoms with Gasteiger partial charge in [-0.3, -0.25) is 0 Å². The van der Waals surface area contributed by atoms with E-state index in [9.17, 15) is 4.39 Å². The molecule has 0 saturated heterocycles. The average molecular weight is 241 g/mol. The van der Waals surface area contributed by atoms with Gasteiger partial charge in [0.15, 0.2) is 0 Å². The zero-order valence-electron chi connectivity index (χ0n) is 9.89. The first kappa shape index (κ1) is 10.8. The van der Waals surface area contributed by atoms with Gasteiger partial charge < -0.3 is 5.73 Å². The van der Waals surface area contributed by atoms with Gasteiger partial charge in [0, 0.05) is 5.39 Å². The molecule has 2 N–H and O–H groups in total. The second-order valence-corrected chi connectivity index (χ2v) is 4.33. The molecule has 0 atom stereocenters. The van der Waals surface area contributed by atoms with Crippen molar-refractivity contribution in [3.8, 4) is 5.69 Å². The third-order valence-electron chi connectivity index (χ3n) is 2.93. The zero-order chi connectivity index (χ0) is 12.7. The Morgan fingerprint density at radius 2 is 2.06 bits per heavy atom. The Morgan fingerprint density at radius 1 is 1.22 bits per heavy atom. The molecule has 1 heterocycles. The summed E-state index contributed by atoms with van der Waals surface area (Å²) in [6.07, 6.45) is 1.64. The van der Waals surface area contributed by atoms with Gasteiger partial charge in [-0.2, -0.15) is 5.10 Å². The highest BCUT2D eigenvalue weighted by atomic mass is 19.1. The molecule has 4 heteroatoms. The minimum Gasteiger partial charge on any atom is -0.396 e. The minimum absolute atomic E-state index is 0.136. The highest BCUT2D eigenvalue weighted by Gasteiger charge is 2.08. The maximum Gasteiger partial charge on any atom is 0.146 e. The van der Waals surface area contributed by atoms with Gasteiger partial charge in [-0.1, -0.05) is 12.1 Å². The van der Waals surface area contributed by atoms with Crippen molar-refractivity contribution in [1.82, 2.24) is 9.78 Å². The SMILES string of the molecule is Cc1cccc(-n2ncc3cc(F)c(N)cc32)c1. The molecule has 18 heavy (non-hydrogen) atoms. The van der Waals surface area contributed by atoms with Gasteiger partial charge in [0.05, 0.1) is 23.1 Å². The number of anilines is 1. The minimum atomic E-state index is -0.411. The Labute approximate surface area is 104 Å². The van der Waals surface area contributed by atoms with Gasteiger partial charge in [0.1, 0.15) is 5.82 Å². The van der Waals surface area contributed by atoms with Crippen molar-refractivity contribution >= 4 is 16.6 Å². The summed E-state index contributed by atoms with van der Waals surface area (Å²) in [6.45, 7) is 2.02. The number of nitrogen functional groups attached to an aromatic ring is 1. The molecular formula is C14H12FN3. The van der Waals surface area contributed by atoms with Gasteiger partial charge in [-0.25, -0.2) is 9.07 Å². The Kier molecular flexibility index (Phi) is 2.30. The highest BCUT2D eigenvalue weighted by Crippen LogP contribution is 2.23. The van der Waals surface area contributed by atoms with Crippen LogP contribution < -0.4 is 5.73 Å². The lowest BCUT2D eigenvalue weighted by Crippen LogP contribution is -1.97. The number of fused-ring (bicyclic) bond motifs is 1. The van der Waals surface area contributed by atoms with Crippen LogP contribution in [0.25, 0.3) is 16.6 Å². The Morgan fingerprint density at radius 3 is 2.83 bits per heavy atom. The van der Waals surface area contributed by atoms with Crippen molar-refractivity contribution < 1.29 is 4.39 Å². The first-order chi connectivity index (χ1) is 8.65. The van der Waals surface area contributed by atoms with Crippen LogP contribution in [0.1, 0.15) is 5.56 Å². The van der Waals surface area contributed by atoms with E-state index in [2.05, 4.69) is 5.10 Å². The van der Waals surface area contributed by atoms with Crippen molar-refractivity contribution in [3.05, 3.63) is 54.0 Å². The second kappa shape index (κ2) is 3.84. The third-order valence-corrected chi connectivity index (χ3v) is 2.93. The van der Waals surface area contributed by atoms with Crippen molar-refractivity contribution in [3.63, 3.8) is 0 Å². The van der Waals surface area contributed by atoms with E-state index in [0.717, 1.165) is 22.2 Å². The highest BCUT2D eigenvalue weighted by molar-refractivity contribution is 5.83. The molecule has 0 unspecified atom stereocenters. The summed E-state index contributed by atoms with van der Waals surface area (Å²) in [5.74, 6) is -0.411. The van der Waals surface area contributed by atoms with Gasteiger partial charge >= 0.3 is 0 Å². The Hall–Kier alpha value is -2.36. The fourth-order valence-corrected chi connectivity index (χ4v) is 2.03. The van der Waals surface area contributed by atoms with Crippen LogP contribution in [0.5, 0.6) is 0 Å². The predicted molar refractivity (Wildman–Crippen MR) is 70.2 cm³/mol. The van der Waals surface area contributed by atoms with Crippen molar-refractivity contribution in [1.29, 1.82) is 0 Å². The molecule has 90 valence electrons. The number of hydrogen-bond donors (Lipinski definition) is 1. The fourth-order valence-electron chi connectivity index (χ4n) is 2.03. The van der Waals surface area contributed by atoms with Gasteiger partial charge in [-0.15, -0.1) is 0 Å². The standard InChI is InChI=1S/C14H12FN3/c1-9-3-2-4-11(5-9)18-14-7-13(16)12(15)6-10(14)8-17-18/h2-8H,16H2,1H3. The van der Waals surface area contributed by atoms with Gasteiger partial charge in [0.2, 0.25) is 0 Å². The molecule has 0 aliphatic rings. The van der Waals surface area contributed by atoms with Crippen LogP contribution in [0.4, 0.5) is 10.1 Å². The maximum absolute atomic E-state index is 13.4. The van der Waals surface area contributed by atoms with Crippen LogP contribution in [0.3, 0.4) is 0 Å². The number of rotatable bonds is 1. The van der Waals surface area contributed by atoms with Crippen molar-refractivity contribution in [2.75, 3.05) is 5.73 Å². The van der Waals surface area contributed by atoms with Crippen LogP contribution in [-0.2, 0) is 0 Å². The largest absolute Gasteiger partial charge is 0.396 e. The van der Waals surface area contributed by atoms with E-state index in [1.54, 1.807) is 16.9 Å². The van der Waals surface area contributed by atoms with Crippen LogP contribution in [0.15, 0.2) is 42.6 Å². The summed E-state index contributed by atoms with van der Waals surface area (Å²) in [7, 11) is 0. The molecule has 1 aromatic heterocycles. The molecule has 3 nitrogen and oxygen atoms in total. The predicted octanol–water partition coefficient (Wildman–Crippen LogP) is 3.06. The molecule has 0 bridgehead atoms. The molecule has 0 aliphatic heterocycles. The van der Waals surface area contributed by atoms with E-state index < -0.39 is 5.82 Å². The van der Waals surface area contributed by atoms with E-state index in [-0.39, 0.29) is 5.69 Å². The molecule has 0 spiro atoms. The van der Waals surface area contributed by atoms with Crippen LogP contribution in [-0.4, -0.2) is 9.78 Å². The summed E-state index contributed by atoms with van der Waals surface area (Å²) in [4.78, 5) is 0. The molecule has 0 fully saturated rings. The van der Waals surface area contributed by atoms with E-state index in [4.69, 9.17) is 5.73 Å². The summed E-state index contributed by atoms with van der Waals surface area (Å²) in [6, 6.07) is 11.0. The van der Waals surface area contributed by atoms with Crippen molar-refractivity contribution in [2.45, 2.75) is 6.92 Å². The molecule has 0 radical (unpaired) electrons. The number of nitrogens with two attached hydrogens (primary N) is 1. The maximum atomic E-state index is 13.4.